The second kappa shape index (κ2) is 7.24. The summed E-state index contributed by atoms with van der Waals surface area (Å²) in [5.41, 5.74) is 4.42. The van der Waals surface area contributed by atoms with Gasteiger partial charge in [-0.25, -0.2) is 0 Å². The van der Waals surface area contributed by atoms with Gasteiger partial charge in [-0.2, -0.15) is 0 Å². The summed E-state index contributed by atoms with van der Waals surface area (Å²) in [6.07, 6.45) is 0.943. The van der Waals surface area contributed by atoms with Crippen LogP contribution >= 0.6 is 0 Å². The standard InChI is InChI=1S/C11H23N3O3/c1-5-17-10(16)11(2,14-4)7-6-8(13-3)9(12)15/h8,13-14H,5-7H2,1-4H3,(H2,12,15). The average Bonchev–Trinajstić information content (AvgIpc) is 2.29. The summed E-state index contributed by atoms with van der Waals surface area (Å²) in [5, 5.41) is 5.74. The Bertz CT molecular complexity index is 271. The predicted molar refractivity (Wildman–Crippen MR) is 65.4 cm³/mol. The van der Waals surface area contributed by atoms with Crippen LogP contribution in [0.2, 0.25) is 0 Å². The fraction of sp³-hybridized carbons (Fsp3) is 0.818. The highest BCUT2D eigenvalue weighted by molar-refractivity contribution is 5.81. The molecule has 0 aliphatic rings. The topological polar surface area (TPSA) is 93.4 Å². The number of likely N-dealkylation sites (N-methyl/N-ethyl adjacent to an activating group) is 2. The third-order valence-electron chi connectivity index (χ3n) is 2.90. The first-order valence-corrected chi connectivity index (χ1v) is 5.74. The van der Waals surface area contributed by atoms with Gasteiger partial charge in [0.25, 0.3) is 0 Å². The Morgan fingerprint density at radius 3 is 2.35 bits per heavy atom. The molecule has 2 atom stereocenters. The fourth-order valence-electron chi connectivity index (χ4n) is 1.48. The van der Waals surface area contributed by atoms with E-state index in [1.807, 2.05) is 0 Å². The molecule has 17 heavy (non-hydrogen) atoms. The van der Waals surface area contributed by atoms with Crippen molar-refractivity contribution < 1.29 is 14.3 Å². The Kier molecular flexibility index (Phi) is 6.75. The van der Waals surface area contributed by atoms with Crippen molar-refractivity contribution in [2.45, 2.75) is 38.3 Å². The van der Waals surface area contributed by atoms with Crippen molar-refractivity contribution in [1.29, 1.82) is 0 Å². The van der Waals surface area contributed by atoms with Crippen LogP contribution in [-0.2, 0) is 14.3 Å². The third-order valence-corrected chi connectivity index (χ3v) is 2.90. The van der Waals surface area contributed by atoms with E-state index in [9.17, 15) is 9.59 Å². The molecule has 0 aliphatic carbocycles. The summed E-state index contributed by atoms with van der Waals surface area (Å²) in [6.45, 7) is 3.84. The smallest absolute Gasteiger partial charge is 0.326 e. The maximum absolute atomic E-state index is 11.7. The summed E-state index contributed by atoms with van der Waals surface area (Å²) in [4.78, 5) is 22.8. The van der Waals surface area contributed by atoms with E-state index in [1.165, 1.54) is 0 Å². The monoisotopic (exact) mass is 245 g/mol. The van der Waals surface area contributed by atoms with Gasteiger partial charge in [0.15, 0.2) is 0 Å². The molecule has 100 valence electrons. The Balaban J connectivity index is 4.47. The van der Waals surface area contributed by atoms with Crippen molar-refractivity contribution >= 4 is 11.9 Å². The Hall–Kier alpha value is -1.14. The second-order valence-corrected chi connectivity index (χ2v) is 4.08. The third kappa shape index (κ3) is 4.70. The predicted octanol–water partition coefficient (Wildman–Crippen LogP) is -0.619. The average molecular weight is 245 g/mol. The van der Waals surface area contributed by atoms with Crippen LogP contribution in [0.15, 0.2) is 0 Å². The normalized spacial score (nSPS) is 16.0. The van der Waals surface area contributed by atoms with Gasteiger partial charge in [-0.05, 0) is 40.8 Å². The number of rotatable bonds is 8. The van der Waals surface area contributed by atoms with Crippen molar-refractivity contribution in [2.75, 3.05) is 20.7 Å². The summed E-state index contributed by atoms with van der Waals surface area (Å²) in [7, 11) is 3.35. The molecule has 0 aromatic heterocycles. The minimum atomic E-state index is -0.791. The minimum Gasteiger partial charge on any atom is -0.465 e. The number of nitrogens with one attached hydrogen (secondary N) is 2. The Morgan fingerprint density at radius 2 is 2.00 bits per heavy atom. The molecule has 0 spiro atoms. The van der Waals surface area contributed by atoms with Crippen LogP contribution in [-0.4, -0.2) is 44.2 Å². The van der Waals surface area contributed by atoms with Crippen LogP contribution in [0.5, 0.6) is 0 Å². The van der Waals surface area contributed by atoms with Gasteiger partial charge in [0.05, 0.1) is 12.6 Å². The summed E-state index contributed by atoms with van der Waals surface area (Å²) in [6, 6.07) is -0.433. The van der Waals surface area contributed by atoms with Crippen LogP contribution in [0.25, 0.3) is 0 Å². The van der Waals surface area contributed by atoms with Crippen LogP contribution in [0.4, 0.5) is 0 Å². The molecule has 0 heterocycles. The molecule has 0 fully saturated rings. The summed E-state index contributed by atoms with van der Waals surface area (Å²) >= 11 is 0. The largest absolute Gasteiger partial charge is 0.465 e. The minimum absolute atomic E-state index is 0.318. The van der Waals surface area contributed by atoms with Crippen LogP contribution in [0.3, 0.4) is 0 Å². The summed E-state index contributed by atoms with van der Waals surface area (Å²) in [5.74, 6) is -0.739. The van der Waals surface area contributed by atoms with Gasteiger partial charge in [-0.3, -0.25) is 9.59 Å². The molecule has 2 unspecified atom stereocenters. The molecule has 0 saturated carbocycles. The number of ether oxygens (including phenoxy) is 1. The molecule has 0 aromatic rings. The van der Waals surface area contributed by atoms with Gasteiger partial charge in [0.1, 0.15) is 5.54 Å². The Labute approximate surface area is 102 Å². The van der Waals surface area contributed by atoms with E-state index in [1.54, 1.807) is 27.9 Å². The fourth-order valence-corrected chi connectivity index (χ4v) is 1.48. The molecule has 0 radical (unpaired) electrons. The lowest BCUT2D eigenvalue weighted by Crippen LogP contribution is -2.50. The van der Waals surface area contributed by atoms with E-state index >= 15 is 0 Å². The molecular weight excluding hydrogens is 222 g/mol. The van der Waals surface area contributed by atoms with Crippen LogP contribution in [0, 0.1) is 0 Å². The number of esters is 1. The molecule has 0 bridgehead atoms. The number of hydrogen-bond donors (Lipinski definition) is 3. The molecule has 4 N–H and O–H groups in total. The maximum atomic E-state index is 11.7. The molecule has 0 rings (SSSR count). The first-order valence-electron chi connectivity index (χ1n) is 5.74. The van der Waals surface area contributed by atoms with E-state index in [0.29, 0.717) is 19.4 Å². The molecule has 0 aromatic carbocycles. The van der Waals surface area contributed by atoms with Crippen LogP contribution in [0.1, 0.15) is 26.7 Å². The summed E-state index contributed by atoms with van der Waals surface area (Å²) < 4.78 is 4.99. The maximum Gasteiger partial charge on any atom is 0.326 e. The molecule has 1 amide bonds. The van der Waals surface area contributed by atoms with Gasteiger partial charge in [0, 0.05) is 0 Å². The highest BCUT2D eigenvalue weighted by Crippen LogP contribution is 2.15. The van der Waals surface area contributed by atoms with Gasteiger partial charge in [-0.15, -0.1) is 0 Å². The molecule has 6 heteroatoms. The number of carbonyl (C=O) groups excluding carboxylic acids is 2. The number of hydrogen-bond acceptors (Lipinski definition) is 5. The lowest BCUT2D eigenvalue weighted by Gasteiger charge is -2.28. The van der Waals surface area contributed by atoms with Crippen molar-refractivity contribution in [3.63, 3.8) is 0 Å². The van der Waals surface area contributed by atoms with Gasteiger partial charge < -0.3 is 21.1 Å². The van der Waals surface area contributed by atoms with Gasteiger partial charge in [0.2, 0.25) is 5.91 Å². The first-order chi connectivity index (χ1) is 7.91. The number of primary amides is 1. The van der Waals surface area contributed by atoms with Gasteiger partial charge in [-0.1, -0.05) is 0 Å². The quantitative estimate of drug-likeness (QED) is 0.496. The SMILES string of the molecule is CCOC(=O)C(C)(CCC(NC)C(N)=O)NC. The lowest BCUT2D eigenvalue weighted by atomic mass is 9.93. The highest BCUT2D eigenvalue weighted by atomic mass is 16.5. The molecular formula is C11H23N3O3. The van der Waals surface area contributed by atoms with Gasteiger partial charge >= 0.3 is 5.97 Å². The molecule has 6 nitrogen and oxygen atoms in total. The number of nitrogens with two attached hydrogens (primary N) is 1. The van der Waals surface area contributed by atoms with E-state index in [-0.39, 0.29) is 5.97 Å². The number of carbonyl (C=O) groups is 2. The second-order valence-electron chi connectivity index (χ2n) is 4.08. The Morgan fingerprint density at radius 1 is 1.41 bits per heavy atom. The van der Waals surface area contributed by atoms with E-state index in [0.717, 1.165) is 0 Å². The number of amides is 1. The van der Waals surface area contributed by atoms with Crippen molar-refractivity contribution in [3.05, 3.63) is 0 Å². The molecule has 0 aliphatic heterocycles. The highest BCUT2D eigenvalue weighted by Gasteiger charge is 2.33. The molecule has 0 saturated heterocycles. The first kappa shape index (κ1) is 15.9. The lowest BCUT2D eigenvalue weighted by molar-refractivity contribution is -0.150. The van der Waals surface area contributed by atoms with Crippen LogP contribution < -0.4 is 16.4 Å². The van der Waals surface area contributed by atoms with Crippen molar-refractivity contribution in [2.24, 2.45) is 5.73 Å². The zero-order valence-corrected chi connectivity index (χ0v) is 11.0. The van der Waals surface area contributed by atoms with E-state index in [4.69, 9.17) is 10.5 Å². The van der Waals surface area contributed by atoms with E-state index in [2.05, 4.69) is 10.6 Å². The van der Waals surface area contributed by atoms with Crippen molar-refractivity contribution in [3.8, 4) is 0 Å². The zero-order chi connectivity index (χ0) is 13.5. The zero-order valence-electron chi connectivity index (χ0n) is 11.0. The van der Waals surface area contributed by atoms with E-state index < -0.39 is 17.5 Å². The van der Waals surface area contributed by atoms with Crippen molar-refractivity contribution in [1.82, 2.24) is 10.6 Å².